The molecule has 0 saturated carbocycles. The number of rotatable bonds is 2. The molecule has 1 fully saturated rings. The van der Waals surface area contributed by atoms with Crippen LogP contribution in [0.3, 0.4) is 0 Å². The van der Waals surface area contributed by atoms with Gasteiger partial charge < -0.3 is 5.32 Å². The maximum atomic E-state index is 3.72. The smallest absolute Gasteiger partial charge is 0.0326 e. The molecule has 1 N–H and O–H groups in total. The molecule has 0 aromatic heterocycles. The van der Waals surface area contributed by atoms with Crippen molar-refractivity contribution in [1.29, 1.82) is 0 Å². The molecule has 1 aliphatic rings. The van der Waals surface area contributed by atoms with Crippen LogP contribution in [-0.2, 0) is 0 Å². The molecular formula is C16H17N. The summed E-state index contributed by atoms with van der Waals surface area (Å²) in [6.45, 7) is 0. The number of benzene rings is 2. The Balaban J connectivity index is 1.75. The zero-order valence-electron chi connectivity index (χ0n) is 9.84. The molecule has 1 unspecified atom stereocenters. The second kappa shape index (κ2) is 4.72. The average Bonchev–Trinajstić information content (AvgIpc) is 2.90. The van der Waals surface area contributed by atoms with Crippen molar-refractivity contribution in [1.82, 2.24) is 5.32 Å². The van der Waals surface area contributed by atoms with Gasteiger partial charge in [0.2, 0.25) is 0 Å². The van der Waals surface area contributed by atoms with E-state index >= 15 is 0 Å². The molecule has 1 heteroatoms. The first-order chi connectivity index (χ1) is 8.43. The van der Waals surface area contributed by atoms with E-state index in [1.165, 1.54) is 24.0 Å². The monoisotopic (exact) mass is 223 g/mol. The van der Waals surface area contributed by atoms with Crippen molar-refractivity contribution < 1.29 is 0 Å². The van der Waals surface area contributed by atoms with Gasteiger partial charge in [-0.3, -0.25) is 0 Å². The highest BCUT2D eigenvalue weighted by molar-refractivity contribution is 5.24. The van der Waals surface area contributed by atoms with Crippen LogP contribution in [0.2, 0.25) is 0 Å². The minimum absolute atomic E-state index is 0.515. The Morgan fingerprint density at radius 2 is 1.06 bits per heavy atom. The van der Waals surface area contributed by atoms with Crippen molar-refractivity contribution in [2.75, 3.05) is 0 Å². The topological polar surface area (TPSA) is 12.0 Å². The van der Waals surface area contributed by atoms with Gasteiger partial charge in [-0.15, -0.1) is 0 Å². The molecule has 1 nitrogen and oxygen atoms in total. The van der Waals surface area contributed by atoms with E-state index in [0.29, 0.717) is 12.1 Å². The molecule has 17 heavy (non-hydrogen) atoms. The molecule has 0 radical (unpaired) electrons. The Morgan fingerprint density at radius 1 is 0.647 bits per heavy atom. The molecule has 3 rings (SSSR count). The van der Waals surface area contributed by atoms with Crippen LogP contribution in [0.25, 0.3) is 0 Å². The lowest BCUT2D eigenvalue weighted by Gasteiger charge is -2.14. The Labute approximate surface area is 102 Å². The van der Waals surface area contributed by atoms with E-state index in [0.717, 1.165) is 0 Å². The molecule has 86 valence electrons. The van der Waals surface area contributed by atoms with E-state index < -0.39 is 0 Å². The van der Waals surface area contributed by atoms with Crippen LogP contribution in [-0.4, -0.2) is 0 Å². The van der Waals surface area contributed by atoms with Crippen LogP contribution in [0, 0.1) is 0 Å². The summed E-state index contributed by atoms with van der Waals surface area (Å²) in [5.74, 6) is 0. The number of hydrogen-bond acceptors (Lipinski definition) is 1. The zero-order valence-corrected chi connectivity index (χ0v) is 9.84. The highest BCUT2D eigenvalue weighted by Crippen LogP contribution is 2.33. The maximum absolute atomic E-state index is 3.72. The van der Waals surface area contributed by atoms with E-state index in [9.17, 15) is 0 Å². The zero-order chi connectivity index (χ0) is 11.5. The summed E-state index contributed by atoms with van der Waals surface area (Å²) in [4.78, 5) is 0. The second-order valence-electron chi connectivity index (χ2n) is 4.67. The molecule has 2 aromatic rings. The Kier molecular flexibility index (Phi) is 2.93. The quantitative estimate of drug-likeness (QED) is 0.815. The van der Waals surface area contributed by atoms with Gasteiger partial charge in [-0.25, -0.2) is 0 Å². The Bertz CT molecular complexity index is 418. The van der Waals surface area contributed by atoms with Gasteiger partial charge in [0.15, 0.2) is 0 Å². The van der Waals surface area contributed by atoms with Gasteiger partial charge in [0.05, 0.1) is 0 Å². The second-order valence-corrected chi connectivity index (χ2v) is 4.67. The predicted molar refractivity (Wildman–Crippen MR) is 70.7 cm³/mol. The highest BCUT2D eigenvalue weighted by Gasteiger charge is 2.25. The highest BCUT2D eigenvalue weighted by atomic mass is 15.0. The van der Waals surface area contributed by atoms with Crippen molar-refractivity contribution in [3.63, 3.8) is 0 Å². The fourth-order valence-electron chi connectivity index (χ4n) is 2.64. The summed E-state index contributed by atoms with van der Waals surface area (Å²) in [6, 6.07) is 22.5. The van der Waals surface area contributed by atoms with E-state index in [2.05, 4.69) is 66.0 Å². The minimum Gasteiger partial charge on any atom is -0.303 e. The third-order valence-electron chi connectivity index (χ3n) is 3.55. The normalized spacial score (nSPS) is 23.8. The van der Waals surface area contributed by atoms with Crippen molar-refractivity contribution >= 4 is 0 Å². The molecule has 2 aromatic carbocycles. The summed E-state index contributed by atoms with van der Waals surface area (Å²) in [5.41, 5.74) is 2.82. The van der Waals surface area contributed by atoms with E-state index in [4.69, 9.17) is 0 Å². The van der Waals surface area contributed by atoms with E-state index in [1.807, 2.05) is 0 Å². The van der Waals surface area contributed by atoms with Gasteiger partial charge in [0.25, 0.3) is 0 Å². The predicted octanol–water partition coefficient (Wildman–Crippen LogP) is 3.85. The summed E-state index contributed by atoms with van der Waals surface area (Å²) < 4.78 is 0. The Morgan fingerprint density at radius 3 is 1.47 bits per heavy atom. The fraction of sp³-hybridized carbons (Fsp3) is 0.250. The number of nitrogens with one attached hydrogen (secondary N) is 1. The van der Waals surface area contributed by atoms with Crippen LogP contribution in [0.15, 0.2) is 60.7 Å². The molecule has 1 heterocycles. The van der Waals surface area contributed by atoms with Crippen molar-refractivity contribution in [3.8, 4) is 0 Å². The molecule has 0 amide bonds. The molecule has 1 saturated heterocycles. The average molecular weight is 223 g/mol. The lowest BCUT2D eigenvalue weighted by atomic mass is 10.0. The SMILES string of the molecule is c1ccc(C2CC[C@@H](c3ccccc3)N2)cc1. The molecule has 2 atom stereocenters. The third-order valence-corrected chi connectivity index (χ3v) is 3.55. The van der Waals surface area contributed by atoms with Crippen molar-refractivity contribution in [3.05, 3.63) is 71.8 Å². The van der Waals surface area contributed by atoms with Crippen LogP contribution < -0.4 is 5.32 Å². The third kappa shape index (κ3) is 2.25. The maximum Gasteiger partial charge on any atom is 0.0326 e. The first kappa shape index (κ1) is 10.5. The molecule has 0 spiro atoms. The lowest BCUT2D eigenvalue weighted by Crippen LogP contribution is -2.17. The summed E-state index contributed by atoms with van der Waals surface area (Å²) in [6.07, 6.45) is 2.45. The largest absolute Gasteiger partial charge is 0.303 e. The molecule has 1 aliphatic heterocycles. The summed E-state index contributed by atoms with van der Waals surface area (Å²) in [7, 11) is 0. The summed E-state index contributed by atoms with van der Waals surface area (Å²) >= 11 is 0. The van der Waals surface area contributed by atoms with E-state index in [1.54, 1.807) is 0 Å². The van der Waals surface area contributed by atoms with Crippen molar-refractivity contribution in [2.45, 2.75) is 24.9 Å². The van der Waals surface area contributed by atoms with Gasteiger partial charge in [-0.1, -0.05) is 60.7 Å². The van der Waals surface area contributed by atoms with E-state index in [-0.39, 0.29) is 0 Å². The van der Waals surface area contributed by atoms with Gasteiger partial charge in [0, 0.05) is 12.1 Å². The fourth-order valence-corrected chi connectivity index (χ4v) is 2.64. The number of hydrogen-bond donors (Lipinski definition) is 1. The minimum atomic E-state index is 0.515. The van der Waals surface area contributed by atoms with Crippen LogP contribution in [0.4, 0.5) is 0 Å². The van der Waals surface area contributed by atoms with Crippen LogP contribution in [0.5, 0.6) is 0 Å². The Hall–Kier alpha value is -1.60. The van der Waals surface area contributed by atoms with Crippen LogP contribution >= 0.6 is 0 Å². The standard InChI is InChI=1S/C16H17N/c1-3-7-13(8-4-1)15-11-12-16(17-15)14-9-5-2-6-10-14/h1-10,15-17H,11-12H2/t15-,16?/m0/s1. The molecule has 0 bridgehead atoms. The van der Waals surface area contributed by atoms with Crippen molar-refractivity contribution in [2.24, 2.45) is 0 Å². The van der Waals surface area contributed by atoms with Gasteiger partial charge >= 0.3 is 0 Å². The lowest BCUT2D eigenvalue weighted by molar-refractivity contribution is 0.574. The van der Waals surface area contributed by atoms with Crippen LogP contribution in [0.1, 0.15) is 36.1 Å². The first-order valence-corrected chi connectivity index (χ1v) is 6.29. The summed E-state index contributed by atoms with van der Waals surface area (Å²) in [5, 5.41) is 3.72. The molecule has 0 aliphatic carbocycles. The first-order valence-electron chi connectivity index (χ1n) is 6.29. The van der Waals surface area contributed by atoms with Gasteiger partial charge in [-0.05, 0) is 24.0 Å². The van der Waals surface area contributed by atoms with Gasteiger partial charge in [0.1, 0.15) is 0 Å². The molecular weight excluding hydrogens is 206 g/mol. The van der Waals surface area contributed by atoms with Gasteiger partial charge in [-0.2, -0.15) is 0 Å².